The first-order valence-corrected chi connectivity index (χ1v) is 6.02. The predicted molar refractivity (Wildman–Crippen MR) is 72.0 cm³/mol. The van der Waals surface area contributed by atoms with Crippen LogP contribution in [0.3, 0.4) is 0 Å². The minimum absolute atomic E-state index is 0.0294. The zero-order chi connectivity index (χ0) is 14.5. The highest BCUT2D eigenvalue weighted by atomic mass is 16.5. The molecule has 0 bridgehead atoms. The molecule has 2 rings (SSSR count). The van der Waals surface area contributed by atoms with Gasteiger partial charge in [0, 0.05) is 5.56 Å². The number of ether oxygens (including phenoxy) is 2. The van der Waals surface area contributed by atoms with Gasteiger partial charge in [0.25, 0.3) is 0 Å². The monoisotopic (exact) mass is 276 g/mol. The number of hydrogen-bond acceptors (Lipinski definition) is 6. The third-order valence-corrected chi connectivity index (χ3v) is 2.67. The fraction of sp³-hybridized carbons (Fsp3) is 0.308. The number of esters is 1. The fourth-order valence-corrected chi connectivity index (χ4v) is 1.74. The number of methoxy groups -OCH3 is 1. The Kier molecular flexibility index (Phi) is 4.19. The molecule has 0 saturated carbocycles. The number of hydrogen-bond donors (Lipinski definition) is 1. The van der Waals surface area contributed by atoms with Gasteiger partial charge in [-0.2, -0.15) is 0 Å². The molecule has 2 aromatic rings. The minimum atomic E-state index is -0.418. The first-order chi connectivity index (χ1) is 9.58. The number of nitrogens with zero attached hydrogens (tertiary/aromatic N) is 3. The van der Waals surface area contributed by atoms with Crippen molar-refractivity contribution in [2.24, 2.45) is 0 Å². The van der Waals surface area contributed by atoms with Crippen LogP contribution in [0.5, 0.6) is 5.75 Å². The molecule has 0 atom stereocenters. The van der Waals surface area contributed by atoms with Gasteiger partial charge in [0.15, 0.2) is 0 Å². The van der Waals surface area contributed by atoms with E-state index in [4.69, 9.17) is 15.2 Å². The molecule has 0 amide bonds. The Hall–Kier alpha value is -2.57. The van der Waals surface area contributed by atoms with Crippen molar-refractivity contribution in [1.82, 2.24) is 14.8 Å². The smallest absolute Gasteiger partial charge is 0.328 e. The molecule has 0 spiro atoms. The van der Waals surface area contributed by atoms with E-state index in [9.17, 15) is 4.79 Å². The number of benzene rings is 1. The SMILES string of the molecule is COc1ccc(C)cc1COC(=O)Cn1cnc(N)n1. The van der Waals surface area contributed by atoms with Crippen LogP contribution in [0.1, 0.15) is 11.1 Å². The molecule has 2 N–H and O–H groups in total. The van der Waals surface area contributed by atoms with Crippen LogP contribution in [0.4, 0.5) is 5.95 Å². The van der Waals surface area contributed by atoms with Crippen molar-refractivity contribution in [2.75, 3.05) is 12.8 Å². The summed E-state index contributed by atoms with van der Waals surface area (Å²) in [5.74, 6) is 0.394. The lowest BCUT2D eigenvalue weighted by Crippen LogP contribution is -2.14. The normalized spacial score (nSPS) is 10.3. The van der Waals surface area contributed by atoms with Crippen LogP contribution in [-0.2, 0) is 22.7 Å². The van der Waals surface area contributed by atoms with Crippen molar-refractivity contribution >= 4 is 11.9 Å². The van der Waals surface area contributed by atoms with E-state index in [0.29, 0.717) is 5.75 Å². The highest BCUT2D eigenvalue weighted by molar-refractivity contribution is 5.69. The average molecular weight is 276 g/mol. The van der Waals surface area contributed by atoms with Gasteiger partial charge in [0.05, 0.1) is 7.11 Å². The van der Waals surface area contributed by atoms with E-state index >= 15 is 0 Å². The average Bonchev–Trinajstić information content (AvgIpc) is 2.82. The summed E-state index contributed by atoms with van der Waals surface area (Å²) in [7, 11) is 1.58. The number of nitrogens with two attached hydrogens (primary N) is 1. The topological polar surface area (TPSA) is 92.3 Å². The third kappa shape index (κ3) is 3.47. The molecule has 0 radical (unpaired) electrons. The van der Waals surface area contributed by atoms with Crippen LogP contribution in [0.25, 0.3) is 0 Å². The molecule has 0 saturated heterocycles. The molecule has 1 heterocycles. The molecule has 0 aliphatic heterocycles. The number of carbonyl (C=O) groups is 1. The van der Waals surface area contributed by atoms with E-state index in [1.165, 1.54) is 11.0 Å². The molecular formula is C13H16N4O3. The number of nitrogen functional groups attached to an aromatic ring is 1. The van der Waals surface area contributed by atoms with E-state index in [2.05, 4.69) is 10.1 Å². The van der Waals surface area contributed by atoms with Crippen LogP contribution in [-0.4, -0.2) is 27.8 Å². The molecule has 7 heteroatoms. The predicted octanol–water partition coefficient (Wildman–Crippen LogP) is 0.921. The van der Waals surface area contributed by atoms with Gasteiger partial charge in [-0.15, -0.1) is 5.10 Å². The maximum absolute atomic E-state index is 11.7. The largest absolute Gasteiger partial charge is 0.496 e. The van der Waals surface area contributed by atoms with Gasteiger partial charge in [0.2, 0.25) is 5.95 Å². The lowest BCUT2D eigenvalue weighted by Gasteiger charge is -2.10. The summed E-state index contributed by atoms with van der Waals surface area (Å²) in [4.78, 5) is 15.4. The highest BCUT2D eigenvalue weighted by Crippen LogP contribution is 2.20. The van der Waals surface area contributed by atoms with Crippen LogP contribution < -0.4 is 10.5 Å². The molecule has 1 aromatic carbocycles. The third-order valence-electron chi connectivity index (χ3n) is 2.67. The Morgan fingerprint density at radius 3 is 2.90 bits per heavy atom. The molecule has 0 aliphatic rings. The van der Waals surface area contributed by atoms with Crippen molar-refractivity contribution in [3.05, 3.63) is 35.7 Å². The zero-order valence-corrected chi connectivity index (χ0v) is 11.4. The first kappa shape index (κ1) is 13.9. The van der Waals surface area contributed by atoms with Gasteiger partial charge in [-0.05, 0) is 19.1 Å². The summed E-state index contributed by atoms with van der Waals surface area (Å²) in [5.41, 5.74) is 7.25. The summed E-state index contributed by atoms with van der Waals surface area (Å²) < 4.78 is 11.7. The fourth-order valence-electron chi connectivity index (χ4n) is 1.74. The number of carbonyl (C=O) groups excluding carboxylic acids is 1. The summed E-state index contributed by atoms with van der Waals surface area (Å²) in [6.45, 7) is 2.08. The van der Waals surface area contributed by atoms with Gasteiger partial charge in [-0.3, -0.25) is 4.79 Å². The van der Waals surface area contributed by atoms with E-state index < -0.39 is 5.97 Å². The lowest BCUT2D eigenvalue weighted by atomic mass is 10.1. The van der Waals surface area contributed by atoms with E-state index in [1.807, 2.05) is 25.1 Å². The molecule has 7 nitrogen and oxygen atoms in total. The Balaban J connectivity index is 1.94. The molecular weight excluding hydrogens is 260 g/mol. The second kappa shape index (κ2) is 6.05. The Labute approximate surface area is 116 Å². The van der Waals surface area contributed by atoms with E-state index in [-0.39, 0.29) is 19.1 Å². The first-order valence-electron chi connectivity index (χ1n) is 6.02. The highest BCUT2D eigenvalue weighted by Gasteiger charge is 2.09. The standard InChI is InChI=1S/C13H16N4O3/c1-9-3-4-11(19-2)10(5-9)7-20-12(18)6-17-8-15-13(14)16-17/h3-5,8H,6-7H2,1-2H3,(H2,14,16). The summed E-state index contributed by atoms with van der Waals surface area (Å²) in [5, 5.41) is 3.81. The van der Waals surface area contributed by atoms with Gasteiger partial charge in [0.1, 0.15) is 25.2 Å². The van der Waals surface area contributed by atoms with Crippen molar-refractivity contribution < 1.29 is 14.3 Å². The maximum Gasteiger partial charge on any atom is 0.328 e. The van der Waals surface area contributed by atoms with Crippen LogP contribution in [0.15, 0.2) is 24.5 Å². The van der Waals surface area contributed by atoms with Crippen molar-refractivity contribution in [1.29, 1.82) is 0 Å². The Morgan fingerprint density at radius 1 is 1.45 bits per heavy atom. The van der Waals surface area contributed by atoms with Crippen LogP contribution >= 0.6 is 0 Å². The van der Waals surface area contributed by atoms with Crippen molar-refractivity contribution in [3.8, 4) is 5.75 Å². The minimum Gasteiger partial charge on any atom is -0.496 e. The number of aromatic nitrogens is 3. The summed E-state index contributed by atoms with van der Waals surface area (Å²) >= 11 is 0. The van der Waals surface area contributed by atoms with E-state index in [1.54, 1.807) is 7.11 Å². The molecule has 0 aliphatic carbocycles. The second-order valence-electron chi connectivity index (χ2n) is 4.28. The van der Waals surface area contributed by atoms with Crippen LogP contribution in [0.2, 0.25) is 0 Å². The van der Waals surface area contributed by atoms with Gasteiger partial charge in [-0.25, -0.2) is 9.67 Å². The summed E-state index contributed by atoms with van der Waals surface area (Å²) in [6, 6.07) is 5.69. The molecule has 0 fully saturated rings. The van der Waals surface area contributed by atoms with Crippen molar-refractivity contribution in [3.63, 3.8) is 0 Å². The molecule has 0 unspecified atom stereocenters. The molecule has 1 aromatic heterocycles. The Morgan fingerprint density at radius 2 is 2.25 bits per heavy atom. The lowest BCUT2D eigenvalue weighted by molar-refractivity contribution is -0.145. The number of anilines is 1. The molecule has 106 valence electrons. The Bertz CT molecular complexity index is 609. The summed E-state index contributed by atoms with van der Waals surface area (Å²) in [6.07, 6.45) is 1.38. The van der Waals surface area contributed by atoms with Crippen LogP contribution in [0, 0.1) is 6.92 Å². The van der Waals surface area contributed by atoms with E-state index in [0.717, 1.165) is 11.1 Å². The number of rotatable bonds is 5. The quantitative estimate of drug-likeness (QED) is 0.816. The number of aryl methyl sites for hydroxylation is 1. The molecule has 20 heavy (non-hydrogen) atoms. The zero-order valence-electron chi connectivity index (χ0n) is 11.4. The van der Waals surface area contributed by atoms with Crippen molar-refractivity contribution in [2.45, 2.75) is 20.1 Å². The van der Waals surface area contributed by atoms with Gasteiger partial charge >= 0.3 is 5.97 Å². The van der Waals surface area contributed by atoms with Gasteiger partial charge in [-0.1, -0.05) is 11.6 Å². The maximum atomic E-state index is 11.7. The second-order valence-corrected chi connectivity index (χ2v) is 4.28. The van der Waals surface area contributed by atoms with Gasteiger partial charge < -0.3 is 15.2 Å².